The average Bonchev–Trinajstić information content (AvgIpc) is 3.77. The van der Waals surface area contributed by atoms with E-state index in [1.54, 1.807) is 6.07 Å². The molecule has 3 aromatic rings. The van der Waals surface area contributed by atoms with Crippen molar-refractivity contribution in [3.63, 3.8) is 0 Å². The molecule has 2 saturated carbocycles. The van der Waals surface area contributed by atoms with E-state index in [4.69, 9.17) is 0 Å². The van der Waals surface area contributed by atoms with Gasteiger partial charge in [0, 0.05) is 23.1 Å². The van der Waals surface area contributed by atoms with E-state index in [1.165, 1.54) is 10.9 Å². The Morgan fingerprint density at radius 3 is 2.37 bits per heavy atom. The number of carbonyl (C=O) groups is 2. The molecule has 0 aliphatic heterocycles. The van der Waals surface area contributed by atoms with Gasteiger partial charge in [-0.3, -0.25) is 19.4 Å². The molecule has 0 bridgehead atoms. The predicted octanol–water partition coefficient (Wildman–Crippen LogP) is 3.06. The van der Waals surface area contributed by atoms with Crippen molar-refractivity contribution in [1.29, 1.82) is 0 Å². The maximum Gasteiger partial charge on any atom is 0.270 e. The van der Waals surface area contributed by atoms with Gasteiger partial charge in [-0.05, 0) is 81.0 Å². The second kappa shape index (κ2) is 9.65. The van der Waals surface area contributed by atoms with Gasteiger partial charge in [-0.25, -0.2) is 0 Å². The zero-order valence-corrected chi connectivity index (χ0v) is 20.1. The Kier molecular flexibility index (Phi) is 6.42. The number of aliphatic hydroxyl groups is 1. The second-order valence-electron chi connectivity index (χ2n) is 9.74. The van der Waals surface area contributed by atoms with Crippen LogP contribution in [-0.4, -0.2) is 49.5 Å². The minimum absolute atomic E-state index is 0.119. The minimum atomic E-state index is -0.627. The van der Waals surface area contributed by atoms with Crippen molar-refractivity contribution in [2.75, 3.05) is 11.9 Å². The molecule has 2 aliphatic carbocycles. The highest BCUT2D eigenvalue weighted by Gasteiger charge is 2.48. The Balaban J connectivity index is 1.35. The number of anilines is 1. The number of nitrogens with zero attached hydrogens (tertiary/aromatic N) is 3. The second-order valence-corrected chi connectivity index (χ2v) is 9.74. The molecule has 1 aromatic carbocycles. The van der Waals surface area contributed by atoms with Crippen LogP contribution in [0.2, 0.25) is 0 Å². The lowest BCUT2D eigenvalue weighted by Gasteiger charge is -2.27. The number of hydrogen-bond acceptors (Lipinski definition) is 5. The smallest absolute Gasteiger partial charge is 0.270 e. The summed E-state index contributed by atoms with van der Waals surface area (Å²) in [6, 6.07) is 8.70. The summed E-state index contributed by atoms with van der Waals surface area (Å²) in [5.74, 6) is 0.525. The quantitative estimate of drug-likeness (QED) is 0.358. The van der Waals surface area contributed by atoms with Crippen molar-refractivity contribution in [2.24, 2.45) is 17.8 Å². The Morgan fingerprint density at radius 1 is 1.11 bits per heavy atom. The van der Waals surface area contributed by atoms with Crippen LogP contribution >= 0.6 is 0 Å². The molecule has 35 heavy (non-hydrogen) atoms. The van der Waals surface area contributed by atoms with Crippen molar-refractivity contribution in [3.8, 4) is 11.1 Å². The summed E-state index contributed by atoms with van der Waals surface area (Å²) in [5.41, 5.74) is 5.06. The van der Waals surface area contributed by atoms with Gasteiger partial charge in [0.05, 0.1) is 18.8 Å². The molecule has 0 saturated heterocycles. The molecular weight excluding hydrogens is 444 g/mol. The molecule has 0 spiro atoms. The largest absolute Gasteiger partial charge is 0.394 e. The Labute approximate surface area is 204 Å². The summed E-state index contributed by atoms with van der Waals surface area (Å²) in [6.45, 7) is 4.06. The Bertz CT molecular complexity index is 1170. The number of aromatic nitrogens is 4. The lowest BCUT2D eigenvalue weighted by atomic mass is 9.88. The SMILES string of the molecule is Cc1n[nH]c(C)c1-c1ccc(NC(=O)[C@@H](NC(=O)c2ccnn2CCO)C(C2CC2)C2CC2)cc1. The van der Waals surface area contributed by atoms with Crippen molar-refractivity contribution < 1.29 is 14.7 Å². The molecule has 2 aliphatic rings. The fraction of sp³-hybridized carbons (Fsp3) is 0.462. The van der Waals surface area contributed by atoms with Crippen LogP contribution in [0.25, 0.3) is 11.1 Å². The molecule has 0 unspecified atom stereocenters. The Hall–Kier alpha value is -3.46. The first kappa shape index (κ1) is 23.3. The van der Waals surface area contributed by atoms with E-state index in [9.17, 15) is 14.7 Å². The number of hydrogen-bond donors (Lipinski definition) is 4. The van der Waals surface area contributed by atoms with Crippen molar-refractivity contribution in [3.05, 3.63) is 53.6 Å². The summed E-state index contributed by atoms with van der Waals surface area (Å²) in [5, 5.41) is 26.7. The number of benzene rings is 1. The third kappa shape index (κ3) is 5.00. The van der Waals surface area contributed by atoms with Crippen LogP contribution in [0.5, 0.6) is 0 Å². The van der Waals surface area contributed by atoms with Gasteiger partial charge in [-0.15, -0.1) is 0 Å². The fourth-order valence-electron chi connectivity index (χ4n) is 5.16. The monoisotopic (exact) mass is 476 g/mol. The van der Waals surface area contributed by atoms with Crippen LogP contribution in [0, 0.1) is 31.6 Å². The molecule has 2 aromatic heterocycles. The maximum atomic E-state index is 13.6. The topological polar surface area (TPSA) is 125 Å². The zero-order valence-electron chi connectivity index (χ0n) is 20.1. The predicted molar refractivity (Wildman–Crippen MR) is 132 cm³/mol. The van der Waals surface area contributed by atoms with Gasteiger partial charge in [0.1, 0.15) is 11.7 Å². The number of H-pyrrole nitrogens is 1. The summed E-state index contributed by atoms with van der Waals surface area (Å²) < 4.78 is 1.46. The number of rotatable bonds is 10. The third-order valence-electron chi connectivity index (χ3n) is 7.12. The lowest BCUT2D eigenvalue weighted by molar-refractivity contribution is -0.119. The minimum Gasteiger partial charge on any atom is -0.394 e. The molecule has 0 radical (unpaired) electrons. The first-order valence-corrected chi connectivity index (χ1v) is 12.3. The van der Waals surface area contributed by atoms with Gasteiger partial charge in [0.2, 0.25) is 5.91 Å². The molecule has 4 N–H and O–H groups in total. The first-order valence-electron chi connectivity index (χ1n) is 12.3. The van der Waals surface area contributed by atoms with Crippen molar-refractivity contribution in [2.45, 2.75) is 52.1 Å². The van der Waals surface area contributed by atoms with Crippen LogP contribution in [-0.2, 0) is 11.3 Å². The summed E-state index contributed by atoms with van der Waals surface area (Å²) in [6.07, 6.45) is 5.93. The zero-order chi connectivity index (χ0) is 24.5. The molecule has 9 heteroatoms. The van der Waals surface area contributed by atoms with Crippen LogP contribution in [0.3, 0.4) is 0 Å². The maximum absolute atomic E-state index is 13.6. The van der Waals surface area contributed by atoms with E-state index < -0.39 is 6.04 Å². The molecule has 184 valence electrons. The summed E-state index contributed by atoms with van der Waals surface area (Å²) >= 11 is 0. The first-order chi connectivity index (χ1) is 17.0. The molecule has 2 fully saturated rings. The highest BCUT2D eigenvalue weighted by Crippen LogP contribution is 2.51. The summed E-state index contributed by atoms with van der Waals surface area (Å²) in [7, 11) is 0. The average molecular weight is 477 g/mol. The normalized spacial score (nSPS) is 16.3. The molecule has 5 rings (SSSR count). The van der Waals surface area contributed by atoms with Crippen LogP contribution in [0.4, 0.5) is 5.69 Å². The lowest BCUT2D eigenvalue weighted by Crippen LogP contribution is -2.50. The molecule has 1 atom stereocenters. The van der Waals surface area contributed by atoms with E-state index in [-0.39, 0.29) is 30.9 Å². The number of aryl methyl sites for hydroxylation is 2. The van der Waals surface area contributed by atoms with Gasteiger partial charge in [-0.1, -0.05) is 12.1 Å². The van der Waals surface area contributed by atoms with E-state index in [0.717, 1.165) is 48.2 Å². The van der Waals surface area contributed by atoms with E-state index in [1.807, 2.05) is 38.1 Å². The van der Waals surface area contributed by atoms with Crippen molar-refractivity contribution >= 4 is 17.5 Å². The Morgan fingerprint density at radius 2 is 1.80 bits per heavy atom. The number of amides is 2. The van der Waals surface area contributed by atoms with Gasteiger partial charge in [0.15, 0.2) is 0 Å². The van der Waals surface area contributed by atoms with Crippen LogP contribution < -0.4 is 10.6 Å². The standard InChI is InChI=1S/C26H32N6O3/c1-15-22(16(2)31-30-15)17-7-9-20(10-8-17)28-26(35)24(23(18-3-4-18)19-5-6-19)29-25(34)21-11-12-27-32(21)13-14-33/h7-12,18-19,23-24,33H,3-6,13-14H2,1-2H3,(H,28,35)(H,29,34)(H,30,31)/t24-/m0/s1. The number of carbonyl (C=O) groups excluding carboxylic acids is 2. The van der Waals surface area contributed by atoms with Crippen LogP contribution in [0.1, 0.15) is 47.6 Å². The fourth-order valence-corrected chi connectivity index (χ4v) is 5.16. The third-order valence-corrected chi connectivity index (χ3v) is 7.12. The van der Waals surface area contributed by atoms with Gasteiger partial charge >= 0.3 is 0 Å². The van der Waals surface area contributed by atoms with E-state index in [2.05, 4.69) is 25.9 Å². The van der Waals surface area contributed by atoms with E-state index >= 15 is 0 Å². The summed E-state index contributed by atoms with van der Waals surface area (Å²) in [4.78, 5) is 26.7. The van der Waals surface area contributed by atoms with Gasteiger partial charge in [-0.2, -0.15) is 10.2 Å². The molecular formula is C26H32N6O3. The highest BCUT2D eigenvalue weighted by atomic mass is 16.3. The number of nitrogens with one attached hydrogen (secondary N) is 3. The number of aromatic amines is 1. The molecule has 2 amide bonds. The van der Waals surface area contributed by atoms with E-state index in [0.29, 0.717) is 23.2 Å². The van der Waals surface area contributed by atoms with Crippen LogP contribution in [0.15, 0.2) is 36.5 Å². The highest BCUT2D eigenvalue weighted by molar-refractivity contribution is 6.01. The van der Waals surface area contributed by atoms with Gasteiger partial charge in [0.25, 0.3) is 5.91 Å². The van der Waals surface area contributed by atoms with Crippen molar-refractivity contribution in [1.82, 2.24) is 25.3 Å². The molecule has 9 nitrogen and oxygen atoms in total. The number of aliphatic hydroxyl groups excluding tert-OH is 1. The van der Waals surface area contributed by atoms with Gasteiger partial charge < -0.3 is 15.7 Å². The molecule has 2 heterocycles.